The molecule has 0 rings (SSSR count). The van der Waals surface area contributed by atoms with E-state index in [1.807, 2.05) is 12.2 Å². The summed E-state index contributed by atoms with van der Waals surface area (Å²) in [5.74, 6) is -2.28. The van der Waals surface area contributed by atoms with Crippen molar-refractivity contribution in [3.63, 3.8) is 0 Å². The Morgan fingerprint density at radius 3 is 0.849 bits per heavy atom. The monoisotopic (exact) mass is 1530 g/mol. The zero-order chi connectivity index (χ0) is 77.4. The minimum atomic E-state index is -5.00. The van der Waals surface area contributed by atoms with E-state index in [0.29, 0.717) is 32.1 Å². The summed E-state index contributed by atoms with van der Waals surface area (Å²) in [6.45, 7) is 4.66. The van der Waals surface area contributed by atoms with E-state index in [1.54, 1.807) is 0 Å². The Morgan fingerprint density at radius 1 is 0.274 bits per heavy atom. The van der Waals surface area contributed by atoms with Gasteiger partial charge in [0.15, 0.2) is 12.2 Å². The Bertz CT molecular complexity index is 2480. The molecule has 0 aromatic heterocycles. The number of esters is 4. The van der Waals surface area contributed by atoms with Crippen LogP contribution in [0.5, 0.6) is 0 Å². The summed E-state index contributed by atoms with van der Waals surface area (Å²) in [6.07, 6.45) is 87.5. The van der Waals surface area contributed by atoms with E-state index < -0.39 is 97.5 Å². The van der Waals surface area contributed by atoms with Gasteiger partial charge in [-0.1, -0.05) is 316 Å². The van der Waals surface area contributed by atoms with Gasteiger partial charge in [0.1, 0.15) is 19.3 Å². The van der Waals surface area contributed by atoms with Crippen LogP contribution >= 0.6 is 15.6 Å². The smallest absolute Gasteiger partial charge is 0.462 e. The highest BCUT2D eigenvalue weighted by atomic mass is 31.2. The van der Waals surface area contributed by atoms with E-state index in [0.717, 1.165) is 154 Å². The van der Waals surface area contributed by atoms with Gasteiger partial charge >= 0.3 is 39.5 Å². The van der Waals surface area contributed by atoms with E-state index >= 15 is 0 Å². The number of carbonyl (C=O) groups is 4. The van der Waals surface area contributed by atoms with Crippen LogP contribution in [0, 0.1) is 0 Å². The number of rotatable bonds is 78. The molecule has 0 aliphatic heterocycles. The molecule has 5 unspecified atom stereocenters. The number of phosphoric ester groups is 2. The zero-order valence-corrected chi connectivity index (χ0v) is 68.6. The summed E-state index contributed by atoms with van der Waals surface area (Å²) in [5, 5.41) is 10.7. The maximum absolute atomic E-state index is 13.1. The fourth-order valence-electron chi connectivity index (χ4n) is 11.1. The van der Waals surface area contributed by atoms with E-state index in [2.05, 4.69) is 137 Å². The number of aliphatic hydroxyl groups is 1. The van der Waals surface area contributed by atoms with Crippen LogP contribution in [0.3, 0.4) is 0 Å². The molecule has 0 saturated heterocycles. The number of hydrogen-bond acceptors (Lipinski definition) is 15. The largest absolute Gasteiger partial charge is 0.472 e. The van der Waals surface area contributed by atoms with Crippen molar-refractivity contribution < 1.29 is 80.2 Å². The van der Waals surface area contributed by atoms with Crippen molar-refractivity contribution in [2.75, 3.05) is 39.6 Å². The molecule has 0 aromatic carbocycles. The van der Waals surface area contributed by atoms with Gasteiger partial charge in [0.05, 0.1) is 26.4 Å². The second kappa shape index (κ2) is 78.6. The van der Waals surface area contributed by atoms with Crippen LogP contribution < -0.4 is 0 Å². The van der Waals surface area contributed by atoms with Crippen LogP contribution in [-0.2, 0) is 65.4 Å². The second-order valence-electron chi connectivity index (χ2n) is 27.7. The maximum atomic E-state index is 13.1. The molecule has 0 aromatic rings. The topological polar surface area (TPSA) is 237 Å². The van der Waals surface area contributed by atoms with Gasteiger partial charge in [-0.2, -0.15) is 0 Å². The Hall–Kier alpha value is -4.54. The zero-order valence-electron chi connectivity index (χ0n) is 66.8. The predicted octanol–water partition coefficient (Wildman–Crippen LogP) is 24.7. The highest BCUT2D eigenvalue weighted by Gasteiger charge is 2.30. The third-order valence-electron chi connectivity index (χ3n) is 17.4. The van der Waals surface area contributed by atoms with Gasteiger partial charge < -0.3 is 33.8 Å². The van der Waals surface area contributed by atoms with Gasteiger partial charge in [-0.25, -0.2) is 9.13 Å². The van der Waals surface area contributed by atoms with E-state index in [1.165, 1.54) is 109 Å². The lowest BCUT2D eigenvalue weighted by atomic mass is 10.0. The number of aliphatic hydroxyl groups excluding tert-OH is 1. The normalized spacial score (nSPS) is 14.4. The average molecular weight is 1530 g/mol. The molecule has 0 fully saturated rings. The summed E-state index contributed by atoms with van der Waals surface area (Å²) in [7, 11) is -9.98. The van der Waals surface area contributed by atoms with Crippen molar-refractivity contribution in [3.05, 3.63) is 122 Å². The van der Waals surface area contributed by atoms with E-state index in [9.17, 15) is 43.2 Å². The van der Waals surface area contributed by atoms with Crippen molar-refractivity contribution in [2.45, 2.75) is 367 Å². The summed E-state index contributed by atoms with van der Waals surface area (Å²) in [6, 6.07) is 0. The SMILES string of the molecule is CC/C=C\C/C=C\C/C=C\C/C=C\C/C=C\C/C=C\CCC(=O)OCC(COP(=O)(O)OCC(O)COP(=O)(O)OCC(COC(=O)CCCCCCCC/C=C\C/C=C\C/C=C\CCCCC)OC(=O)CCCCCCC/C=C\CCCCCC)OC(=O)CCCCCCCCCCCCCCCCC. The fourth-order valence-corrected chi connectivity index (χ4v) is 12.7. The molecule has 0 saturated carbocycles. The highest BCUT2D eigenvalue weighted by molar-refractivity contribution is 7.47. The molecular weight excluding hydrogens is 1380 g/mol. The first-order chi connectivity index (χ1) is 51.7. The lowest BCUT2D eigenvalue weighted by Gasteiger charge is -2.21. The van der Waals surface area contributed by atoms with Gasteiger partial charge in [0, 0.05) is 25.7 Å². The molecule has 5 atom stereocenters. The number of unbranched alkanes of at least 4 members (excludes halogenated alkanes) is 32. The van der Waals surface area contributed by atoms with Gasteiger partial charge in [0.25, 0.3) is 0 Å². The highest BCUT2D eigenvalue weighted by Crippen LogP contribution is 2.45. The van der Waals surface area contributed by atoms with Crippen molar-refractivity contribution in [1.29, 1.82) is 0 Å². The van der Waals surface area contributed by atoms with Crippen molar-refractivity contribution in [3.8, 4) is 0 Å². The quantitative estimate of drug-likeness (QED) is 0.0169. The summed E-state index contributed by atoms with van der Waals surface area (Å²) in [5.41, 5.74) is 0. The Kier molecular flexibility index (Phi) is 75.2. The summed E-state index contributed by atoms with van der Waals surface area (Å²) in [4.78, 5) is 73.1. The third kappa shape index (κ3) is 77.6. The molecule has 3 N–H and O–H groups in total. The molecule has 0 heterocycles. The van der Waals surface area contributed by atoms with Crippen LogP contribution in [0.1, 0.15) is 349 Å². The van der Waals surface area contributed by atoms with Crippen LogP contribution in [0.15, 0.2) is 122 Å². The van der Waals surface area contributed by atoms with Crippen molar-refractivity contribution in [1.82, 2.24) is 0 Å². The molecule has 17 nitrogen and oxygen atoms in total. The molecule has 19 heteroatoms. The Balaban J connectivity index is 5.41. The first kappa shape index (κ1) is 101. The molecule has 0 aliphatic rings. The average Bonchev–Trinajstić information content (AvgIpc) is 0.933. The molecule has 106 heavy (non-hydrogen) atoms. The predicted molar refractivity (Wildman–Crippen MR) is 436 cm³/mol. The molecule has 0 aliphatic carbocycles. The molecule has 610 valence electrons. The summed E-state index contributed by atoms with van der Waals surface area (Å²) < 4.78 is 68.6. The standard InChI is InChI=1S/C87H150O17P2/c1-5-9-13-17-21-25-29-33-36-38-40-42-45-48-51-55-59-63-67-71-84(89)97-77-82(103-86(91)73-69-65-61-57-53-47-32-28-24-20-16-12-8-4)79-101-105(93,94)99-75-81(88)76-100-106(95,96)102-80-83(104-87(92)74-70-66-62-58-54-50-44-35-31-27-23-19-15-11-7-3)78-98-85(90)72-68-64-60-56-52-49-46-43-41-39-37-34-30-26-22-18-14-10-6-2/h10,14,21-22,25-26,28,32-34,36-37,40-43,49,52,60,64,81-83,88H,5-9,11-13,15-20,23-24,27,29-31,35,38-39,44-48,50-51,53-59,61-63,65-80H2,1-4H3,(H,93,94)(H,95,96)/b14-10-,25-21-,26-22-,32-28-,36-33-,37-34-,42-40-,43-41-,52-49-,64-60-. The number of ether oxygens (including phenoxy) is 4. The van der Waals surface area contributed by atoms with Gasteiger partial charge in [0.2, 0.25) is 0 Å². The van der Waals surface area contributed by atoms with Gasteiger partial charge in [-0.3, -0.25) is 37.3 Å². The number of hydrogen-bond donors (Lipinski definition) is 3. The van der Waals surface area contributed by atoms with Crippen LogP contribution in [-0.4, -0.2) is 96.7 Å². The van der Waals surface area contributed by atoms with Crippen LogP contribution in [0.25, 0.3) is 0 Å². The number of allylic oxidation sites excluding steroid dienone is 20. The number of phosphoric acid groups is 2. The summed E-state index contributed by atoms with van der Waals surface area (Å²) >= 11 is 0. The maximum Gasteiger partial charge on any atom is 0.472 e. The van der Waals surface area contributed by atoms with Crippen molar-refractivity contribution >= 4 is 39.5 Å². The lowest BCUT2D eigenvalue weighted by Crippen LogP contribution is -2.30. The Labute approximate surface area is 644 Å². The minimum Gasteiger partial charge on any atom is -0.462 e. The van der Waals surface area contributed by atoms with Gasteiger partial charge in [-0.15, -0.1) is 0 Å². The Morgan fingerprint density at radius 2 is 0.509 bits per heavy atom. The van der Waals surface area contributed by atoms with Gasteiger partial charge in [-0.05, 0) is 128 Å². The van der Waals surface area contributed by atoms with Crippen LogP contribution in [0.4, 0.5) is 0 Å². The fraction of sp³-hybridized carbons (Fsp3) is 0.724. The van der Waals surface area contributed by atoms with Crippen LogP contribution in [0.2, 0.25) is 0 Å². The molecule has 0 radical (unpaired) electrons. The first-order valence-corrected chi connectivity index (χ1v) is 44.8. The molecule has 0 spiro atoms. The molecular formula is C87H150O17P2. The lowest BCUT2D eigenvalue weighted by molar-refractivity contribution is -0.161. The van der Waals surface area contributed by atoms with Crippen molar-refractivity contribution in [2.24, 2.45) is 0 Å². The second-order valence-corrected chi connectivity index (χ2v) is 30.6. The first-order valence-electron chi connectivity index (χ1n) is 41.8. The molecule has 0 amide bonds. The minimum absolute atomic E-state index is 0.0364. The van der Waals surface area contributed by atoms with E-state index in [4.69, 9.17) is 37.0 Å². The molecule has 0 bridgehead atoms. The number of carbonyl (C=O) groups excluding carboxylic acids is 4. The van der Waals surface area contributed by atoms with E-state index in [-0.39, 0.29) is 25.7 Å². The third-order valence-corrected chi connectivity index (χ3v) is 19.3.